The van der Waals surface area contributed by atoms with Crippen LogP contribution in [-0.4, -0.2) is 41.0 Å². The number of aromatic nitrogens is 2. The van der Waals surface area contributed by atoms with E-state index in [2.05, 4.69) is 61.5 Å². The first kappa shape index (κ1) is 18.0. The van der Waals surface area contributed by atoms with Crippen LogP contribution in [0.25, 0.3) is 0 Å². The summed E-state index contributed by atoms with van der Waals surface area (Å²) in [5.74, 6) is 1.47. The fourth-order valence-corrected chi connectivity index (χ4v) is 3.36. The van der Waals surface area contributed by atoms with Gasteiger partial charge in [-0.05, 0) is 29.8 Å². The summed E-state index contributed by atoms with van der Waals surface area (Å²) in [6, 6.07) is 22.0. The molecule has 0 bridgehead atoms. The van der Waals surface area contributed by atoms with Gasteiger partial charge in [-0.3, -0.25) is 4.90 Å². The van der Waals surface area contributed by atoms with Gasteiger partial charge in [-0.2, -0.15) is 10.2 Å². The van der Waals surface area contributed by atoms with Gasteiger partial charge in [0.25, 0.3) is 0 Å². The van der Waals surface area contributed by atoms with Gasteiger partial charge in [0.1, 0.15) is 5.82 Å². The van der Waals surface area contributed by atoms with Crippen molar-refractivity contribution in [3.63, 3.8) is 0 Å². The highest BCUT2D eigenvalue weighted by molar-refractivity contribution is 5.57. The van der Waals surface area contributed by atoms with E-state index in [4.69, 9.17) is 5.26 Å². The van der Waals surface area contributed by atoms with Gasteiger partial charge in [-0.25, -0.2) is 4.98 Å². The number of nitrogens with zero attached hydrogens (tertiary/aromatic N) is 5. The first-order valence-electron chi connectivity index (χ1n) is 9.41. The van der Waals surface area contributed by atoms with E-state index in [1.807, 2.05) is 18.2 Å². The van der Waals surface area contributed by atoms with Crippen LogP contribution >= 0.6 is 0 Å². The van der Waals surface area contributed by atoms with Crippen LogP contribution in [-0.2, 0) is 6.54 Å². The van der Waals surface area contributed by atoms with Gasteiger partial charge in [0.15, 0.2) is 0 Å². The van der Waals surface area contributed by atoms with Crippen LogP contribution in [0.3, 0.4) is 0 Å². The zero-order valence-electron chi connectivity index (χ0n) is 15.6. The van der Waals surface area contributed by atoms with Gasteiger partial charge < -0.3 is 10.2 Å². The smallest absolute Gasteiger partial charge is 0.229 e. The third-order valence-electron chi connectivity index (χ3n) is 4.83. The van der Waals surface area contributed by atoms with Crippen molar-refractivity contribution in [1.82, 2.24) is 14.9 Å². The summed E-state index contributed by atoms with van der Waals surface area (Å²) in [5.41, 5.74) is 2.77. The lowest BCUT2D eigenvalue weighted by Crippen LogP contribution is -2.46. The van der Waals surface area contributed by atoms with Gasteiger partial charge in [0.2, 0.25) is 5.95 Å². The number of hydrogen-bond acceptors (Lipinski definition) is 6. The van der Waals surface area contributed by atoms with Crippen molar-refractivity contribution in [1.29, 1.82) is 5.26 Å². The molecule has 0 unspecified atom stereocenters. The Morgan fingerprint density at radius 1 is 0.964 bits per heavy atom. The number of nitrogens with one attached hydrogen (secondary N) is 1. The number of hydrogen-bond donors (Lipinski definition) is 1. The maximum Gasteiger partial charge on any atom is 0.229 e. The average molecular weight is 370 g/mol. The van der Waals surface area contributed by atoms with E-state index in [9.17, 15) is 0 Å². The standard InChI is InChI=1S/C22H22N6/c23-16-19-7-4-8-20(15-19)25-22-24-10-9-21(26-22)28-13-11-27(12-14-28)17-18-5-2-1-3-6-18/h1-10,15H,11-14,17H2,(H,24,25,26). The topological polar surface area (TPSA) is 68.1 Å². The molecule has 1 fully saturated rings. The maximum atomic E-state index is 9.04. The highest BCUT2D eigenvalue weighted by Crippen LogP contribution is 2.19. The van der Waals surface area contributed by atoms with E-state index < -0.39 is 0 Å². The molecule has 28 heavy (non-hydrogen) atoms. The van der Waals surface area contributed by atoms with Crippen LogP contribution in [0.4, 0.5) is 17.5 Å². The lowest BCUT2D eigenvalue weighted by Gasteiger charge is -2.35. The van der Waals surface area contributed by atoms with Crippen molar-refractivity contribution in [2.45, 2.75) is 6.54 Å². The fraction of sp³-hybridized carbons (Fsp3) is 0.227. The molecule has 0 spiro atoms. The third-order valence-corrected chi connectivity index (χ3v) is 4.83. The lowest BCUT2D eigenvalue weighted by atomic mass is 10.2. The molecule has 1 saturated heterocycles. The molecule has 0 saturated carbocycles. The minimum absolute atomic E-state index is 0.541. The molecule has 0 radical (unpaired) electrons. The second-order valence-electron chi connectivity index (χ2n) is 6.80. The summed E-state index contributed by atoms with van der Waals surface area (Å²) < 4.78 is 0. The van der Waals surface area contributed by atoms with Crippen LogP contribution in [0.5, 0.6) is 0 Å². The zero-order valence-corrected chi connectivity index (χ0v) is 15.6. The second-order valence-corrected chi connectivity index (χ2v) is 6.80. The van der Waals surface area contributed by atoms with E-state index in [0.717, 1.165) is 44.2 Å². The van der Waals surface area contributed by atoms with E-state index in [-0.39, 0.29) is 0 Å². The summed E-state index contributed by atoms with van der Waals surface area (Å²) >= 11 is 0. The van der Waals surface area contributed by atoms with Gasteiger partial charge in [0.05, 0.1) is 11.6 Å². The molecule has 1 aromatic heterocycles. The third kappa shape index (κ3) is 4.45. The van der Waals surface area contributed by atoms with Gasteiger partial charge >= 0.3 is 0 Å². The number of anilines is 3. The van der Waals surface area contributed by atoms with E-state index in [1.165, 1.54) is 5.56 Å². The highest BCUT2D eigenvalue weighted by atomic mass is 15.3. The first-order valence-corrected chi connectivity index (χ1v) is 9.41. The van der Waals surface area contributed by atoms with Crippen molar-refractivity contribution < 1.29 is 0 Å². The Morgan fingerprint density at radius 3 is 2.57 bits per heavy atom. The van der Waals surface area contributed by atoms with Crippen molar-refractivity contribution in [3.8, 4) is 6.07 Å². The normalized spacial score (nSPS) is 14.5. The Morgan fingerprint density at radius 2 is 1.79 bits per heavy atom. The minimum atomic E-state index is 0.541. The van der Waals surface area contributed by atoms with E-state index in [1.54, 1.807) is 18.3 Å². The zero-order chi connectivity index (χ0) is 19.2. The predicted octanol–water partition coefficient (Wildman–Crippen LogP) is 3.41. The molecule has 3 aromatic rings. The summed E-state index contributed by atoms with van der Waals surface area (Å²) in [7, 11) is 0. The first-order chi connectivity index (χ1) is 13.8. The molecule has 1 aliphatic heterocycles. The van der Waals surface area contributed by atoms with Crippen LogP contribution in [0.1, 0.15) is 11.1 Å². The molecule has 6 heteroatoms. The van der Waals surface area contributed by atoms with Crippen LogP contribution in [0.2, 0.25) is 0 Å². The molecule has 4 rings (SSSR count). The summed E-state index contributed by atoms with van der Waals surface area (Å²) in [6.45, 7) is 4.87. The van der Waals surface area contributed by atoms with E-state index >= 15 is 0 Å². The Balaban J connectivity index is 1.38. The monoisotopic (exact) mass is 370 g/mol. The summed E-state index contributed by atoms with van der Waals surface area (Å²) in [5, 5.41) is 12.2. The summed E-state index contributed by atoms with van der Waals surface area (Å²) in [4.78, 5) is 13.7. The van der Waals surface area contributed by atoms with Gasteiger partial charge in [0, 0.05) is 44.6 Å². The molecule has 0 amide bonds. The van der Waals surface area contributed by atoms with Crippen molar-refractivity contribution in [2.75, 3.05) is 36.4 Å². The van der Waals surface area contributed by atoms with Crippen molar-refractivity contribution in [2.24, 2.45) is 0 Å². The molecule has 0 atom stereocenters. The quantitative estimate of drug-likeness (QED) is 0.742. The molecule has 2 heterocycles. The van der Waals surface area contributed by atoms with Crippen LogP contribution in [0.15, 0.2) is 66.9 Å². The largest absolute Gasteiger partial charge is 0.354 e. The Kier molecular flexibility index (Phi) is 5.46. The highest BCUT2D eigenvalue weighted by Gasteiger charge is 2.18. The second kappa shape index (κ2) is 8.51. The Hall–Kier alpha value is -3.43. The van der Waals surface area contributed by atoms with Gasteiger partial charge in [-0.15, -0.1) is 0 Å². The van der Waals surface area contributed by atoms with Crippen molar-refractivity contribution >= 4 is 17.5 Å². The van der Waals surface area contributed by atoms with E-state index in [0.29, 0.717) is 11.5 Å². The predicted molar refractivity (Wildman–Crippen MR) is 110 cm³/mol. The molecular weight excluding hydrogens is 348 g/mol. The molecule has 140 valence electrons. The average Bonchev–Trinajstić information content (AvgIpc) is 2.75. The van der Waals surface area contributed by atoms with Crippen molar-refractivity contribution in [3.05, 3.63) is 78.0 Å². The van der Waals surface area contributed by atoms with Gasteiger partial charge in [-0.1, -0.05) is 36.4 Å². The number of benzene rings is 2. The fourth-order valence-electron chi connectivity index (χ4n) is 3.36. The molecule has 1 aliphatic rings. The molecular formula is C22H22N6. The molecule has 0 aliphatic carbocycles. The summed E-state index contributed by atoms with van der Waals surface area (Å²) in [6.07, 6.45) is 1.77. The SMILES string of the molecule is N#Cc1cccc(Nc2nccc(N3CCN(Cc4ccccc4)CC3)n2)c1. The lowest BCUT2D eigenvalue weighted by molar-refractivity contribution is 0.249. The Bertz CT molecular complexity index is 958. The minimum Gasteiger partial charge on any atom is -0.354 e. The molecule has 6 nitrogen and oxygen atoms in total. The van der Waals surface area contributed by atoms with Crippen LogP contribution in [0, 0.1) is 11.3 Å². The number of rotatable bonds is 5. The maximum absolute atomic E-state index is 9.04. The number of nitriles is 1. The molecule has 1 N–H and O–H groups in total. The Labute approximate surface area is 165 Å². The molecule has 2 aromatic carbocycles. The van der Waals surface area contributed by atoms with Crippen LogP contribution < -0.4 is 10.2 Å². The number of piperazine rings is 1.